The lowest BCUT2D eigenvalue weighted by atomic mass is 9.68. The molecule has 9 heteroatoms. The Morgan fingerprint density at radius 1 is 1.28 bits per heavy atom. The molecule has 2 aliphatic heterocycles. The first kappa shape index (κ1) is 22.0. The molecule has 2 amide bonds. The highest BCUT2D eigenvalue weighted by Crippen LogP contribution is 2.59. The van der Waals surface area contributed by atoms with Crippen molar-refractivity contribution in [3.05, 3.63) is 11.6 Å². The molecule has 29 heavy (non-hydrogen) atoms. The zero-order valence-corrected chi connectivity index (χ0v) is 17.9. The fraction of sp³-hybridized carbons (Fsp3) is 0.800. The third-order valence-corrected chi connectivity index (χ3v) is 6.14. The van der Waals surface area contributed by atoms with E-state index in [4.69, 9.17) is 18.9 Å². The molecule has 3 unspecified atom stereocenters. The van der Waals surface area contributed by atoms with E-state index in [0.29, 0.717) is 13.0 Å². The molecular formula is C20H33N3O6. The maximum Gasteiger partial charge on any atom is 0.426 e. The smallest absolute Gasteiger partial charge is 0.426 e. The van der Waals surface area contributed by atoms with Gasteiger partial charge in [-0.3, -0.25) is 10.2 Å². The van der Waals surface area contributed by atoms with Gasteiger partial charge in [0.2, 0.25) is 0 Å². The number of allylic oxidation sites excluding steroid dienone is 1. The first-order valence-electron chi connectivity index (χ1n) is 10.1. The number of hydrogen-bond acceptors (Lipinski definition) is 7. The zero-order valence-electron chi connectivity index (χ0n) is 17.9. The summed E-state index contributed by atoms with van der Waals surface area (Å²) in [5.74, 6) is -0.401. The average molecular weight is 411 g/mol. The predicted octanol–water partition coefficient (Wildman–Crippen LogP) is 1.04. The first-order chi connectivity index (χ1) is 13.8. The van der Waals surface area contributed by atoms with Crippen LogP contribution < -0.4 is 16.2 Å². The van der Waals surface area contributed by atoms with Gasteiger partial charge in [0.05, 0.1) is 25.2 Å². The highest BCUT2D eigenvalue weighted by atomic mass is 16.6. The van der Waals surface area contributed by atoms with Crippen LogP contribution in [0.2, 0.25) is 0 Å². The minimum absolute atomic E-state index is 0.0407. The number of carbonyl (C=O) groups excluding carboxylic acids is 2. The molecule has 0 aromatic rings. The second kappa shape index (κ2) is 8.59. The Balaban J connectivity index is 1.65. The van der Waals surface area contributed by atoms with Crippen LogP contribution in [0.3, 0.4) is 0 Å². The summed E-state index contributed by atoms with van der Waals surface area (Å²) in [7, 11) is 3.27. The number of ether oxygens (including phenoxy) is 4. The molecule has 1 aliphatic carbocycles. The Hall–Kier alpha value is -1.68. The number of hydrazine groups is 1. The normalized spacial score (nSPS) is 37.6. The summed E-state index contributed by atoms with van der Waals surface area (Å²) >= 11 is 0. The lowest BCUT2D eigenvalue weighted by molar-refractivity contribution is -0.123. The SMILES string of the molecule is CNCC(=O)NNC(=O)OC1CC[C@]2(CO2)C([C@@]2(C)O[C@@H]2CC=C(C)C)C1OC. The highest BCUT2D eigenvalue weighted by Gasteiger charge is 2.72. The van der Waals surface area contributed by atoms with Crippen LogP contribution in [-0.4, -0.2) is 68.8 Å². The lowest BCUT2D eigenvalue weighted by Gasteiger charge is -2.42. The van der Waals surface area contributed by atoms with Gasteiger partial charge in [-0.15, -0.1) is 0 Å². The molecule has 0 aromatic carbocycles. The molecule has 6 atom stereocenters. The van der Waals surface area contributed by atoms with Crippen LogP contribution in [0.4, 0.5) is 4.79 Å². The van der Waals surface area contributed by atoms with Crippen LogP contribution in [0.25, 0.3) is 0 Å². The van der Waals surface area contributed by atoms with Crippen LogP contribution in [0, 0.1) is 5.92 Å². The number of methoxy groups -OCH3 is 1. The molecule has 3 N–H and O–H groups in total. The van der Waals surface area contributed by atoms with Crippen LogP contribution >= 0.6 is 0 Å². The van der Waals surface area contributed by atoms with E-state index in [-0.39, 0.29) is 41.8 Å². The van der Waals surface area contributed by atoms with Crippen LogP contribution in [0.5, 0.6) is 0 Å². The predicted molar refractivity (Wildman–Crippen MR) is 105 cm³/mol. The zero-order chi connectivity index (χ0) is 21.2. The summed E-state index contributed by atoms with van der Waals surface area (Å²) in [4.78, 5) is 23.7. The molecular weight excluding hydrogens is 378 g/mol. The summed E-state index contributed by atoms with van der Waals surface area (Å²) < 4.78 is 23.4. The molecule has 1 saturated carbocycles. The van der Waals surface area contributed by atoms with Crippen molar-refractivity contribution in [3.8, 4) is 0 Å². The Morgan fingerprint density at radius 3 is 2.59 bits per heavy atom. The number of amides is 2. The van der Waals surface area contributed by atoms with E-state index in [1.165, 1.54) is 5.57 Å². The number of nitrogens with one attached hydrogen (secondary N) is 3. The topological polar surface area (TPSA) is 114 Å². The van der Waals surface area contributed by atoms with Crippen molar-refractivity contribution in [2.75, 3.05) is 27.3 Å². The summed E-state index contributed by atoms with van der Waals surface area (Å²) in [5, 5.41) is 2.70. The van der Waals surface area contributed by atoms with Crippen molar-refractivity contribution in [2.45, 2.75) is 69.5 Å². The second-order valence-electron chi connectivity index (χ2n) is 8.52. The van der Waals surface area contributed by atoms with Gasteiger partial charge in [0.25, 0.3) is 5.91 Å². The molecule has 2 heterocycles. The number of hydrogen-bond donors (Lipinski definition) is 3. The van der Waals surface area contributed by atoms with Gasteiger partial charge in [-0.05, 0) is 47.1 Å². The van der Waals surface area contributed by atoms with Crippen molar-refractivity contribution < 1.29 is 28.5 Å². The summed E-state index contributed by atoms with van der Waals surface area (Å²) in [6, 6.07) is 0. The van der Waals surface area contributed by atoms with E-state index >= 15 is 0 Å². The highest BCUT2D eigenvalue weighted by molar-refractivity contribution is 5.80. The summed E-state index contributed by atoms with van der Waals surface area (Å²) in [5.41, 5.74) is 5.18. The van der Waals surface area contributed by atoms with E-state index in [1.807, 2.05) is 0 Å². The summed E-state index contributed by atoms with van der Waals surface area (Å²) in [6.45, 7) is 7.00. The second-order valence-corrected chi connectivity index (χ2v) is 8.52. The van der Waals surface area contributed by atoms with Crippen molar-refractivity contribution in [2.24, 2.45) is 5.92 Å². The van der Waals surface area contributed by atoms with Crippen molar-refractivity contribution in [3.63, 3.8) is 0 Å². The van der Waals surface area contributed by atoms with Crippen LogP contribution in [0.15, 0.2) is 11.6 Å². The monoisotopic (exact) mass is 411 g/mol. The Bertz CT molecular complexity index is 661. The maximum absolute atomic E-state index is 12.2. The maximum atomic E-state index is 12.2. The molecule has 3 fully saturated rings. The third kappa shape index (κ3) is 4.74. The van der Waals surface area contributed by atoms with Gasteiger partial charge < -0.3 is 24.3 Å². The molecule has 0 bridgehead atoms. The van der Waals surface area contributed by atoms with Gasteiger partial charge in [-0.1, -0.05) is 11.6 Å². The van der Waals surface area contributed by atoms with E-state index < -0.39 is 12.2 Å². The van der Waals surface area contributed by atoms with Crippen molar-refractivity contribution in [1.82, 2.24) is 16.2 Å². The fourth-order valence-corrected chi connectivity index (χ4v) is 4.56. The van der Waals surface area contributed by atoms with Gasteiger partial charge in [0, 0.05) is 7.11 Å². The third-order valence-electron chi connectivity index (χ3n) is 6.14. The van der Waals surface area contributed by atoms with Gasteiger partial charge >= 0.3 is 6.09 Å². The number of rotatable bonds is 7. The van der Waals surface area contributed by atoms with E-state index in [2.05, 4.69) is 43.0 Å². The van der Waals surface area contributed by atoms with E-state index in [1.54, 1.807) is 14.2 Å². The van der Waals surface area contributed by atoms with Crippen LogP contribution in [0.1, 0.15) is 40.0 Å². The van der Waals surface area contributed by atoms with Gasteiger partial charge in [-0.25, -0.2) is 10.2 Å². The number of likely N-dealkylation sites (N-methyl/N-ethyl adjacent to an activating group) is 1. The van der Waals surface area contributed by atoms with E-state index in [0.717, 1.165) is 12.8 Å². The van der Waals surface area contributed by atoms with Crippen molar-refractivity contribution >= 4 is 12.0 Å². The largest absolute Gasteiger partial charge is 0.442 e. The minimum atomic E-state index is -0.712. The number of epoxide rings is 2. The molecule has 0 aromatic heterocycles. The molecule has 164 valence electrons. The van der Waals surface area contributed by atoms with Gasteiger partial charge in [0.1, 0.15) is 23.4 Å². The van der Waals surface area contributed by atoms with E-state index in [9.17, 15) is 9.59 Å². The summed E-state index contributed by atoms with van der Waals surface area (Å²) in [6.07, 6.45) is 2.99. The van der Waals surface area contributed by atoms with Gasteiger partial charge in [0.15, 0.2) is 0 Å². The van der Waals surface area contributed by atoms with Crippen molar-refractivity contribution in [1.29, 1.82) is 0 Å². The minimum Gasteiger partial charge on any atom is -0.442 e. The molecule has 3 aliphatic rings. The standard InChI is InChI=1S/C20H33N3O6/c1-12(2)6-7-14-19(3,29-14)17-16(26-5)13(8-9-20(17)11-27-20)28-18(25)23-22-15(24)10-21-4/h6,13-14,16-17,21H,7-11H2,1-5H3,(H,22,24)(H,23,25)/t13?,14-,16?,17?,19+,20+/m1/s1. The Morgan fingerprint density at radius 2 is 2.00 bits per heavy atom. The fourth-order valence-electron chi connectivity index (χ4n) is 4.56. The average Bonchev–Trinajstić information content (AvgIpc) is 3.58. The first-order valence-corrected chi connectivity index (χ1v) is 10.1. The molecule has 3 rings (SSSR count). The van der Waals surface area contributed by atoms with Gasteiger partial charge in [-0.2, -0.15) is 0 Å². The Kier molecular flexibility index (Phi) is 6.52. The number of carbonyl (C=O) groups is 2. The Labute approximate surface area is 171 Å². The molecule has 9 nitrogen and oxygen atoms in total. The van der Waals surface area contributed by atoms with Crippen LogP contribution in [-0.2, 0) is 23.7 Å². The quantitative estimate of drug-likeness (QED) is 0.326. The lowest BCUT2D eigenvalue weighted by Crippen LogP contribution is -2.56. The molecule has 1 spiro atoms. The molecule has 0 radical (unpaired) electrons. The molecule has 2 saturated heterocycles.